The molecule has 0 spiro atoms. The zero-order valence-corrected chi connectivity index (χ0v) is 20.7. The number of fused-ring (bicyclic) bond motifs is 2. The Morgan fingerprint density at radius 2 is 2.06 bits per heavy atom. The van der Waals surface area contributed by atoms with Gasteiger partial charge in [-0.15, -0.1) is 0 Å². The Morgan fingerprint density at radius 1 is 1.23 bits per heavy atom. The third-order valence-electron chi connectivity index (χ3n) is 6.38. The van der Waals surface area contributed by atoms with Crippen LogP contribution in [0.4, 0.5) is 10.6 Å². The second kappa shape index (κ2) is 8.87. The van der Waals surface area contributed by atoms with Gasteiger partial charge in [0.2, 0.25) is 0 Å². The van der Waals surface area contributed by atoms with Crippen LogP contribution >= 0.6 is 0 Å². The van der Waals surface area contributed by atoms with E-state index in [9.17, 15) is 9.59 Å². The van der Waals surface area contributed by atoms with E-state index in [4.69, 9.17) is 14.7 Å². The largest absolute Gasteiger partial charge is 0.444 e. The average molecular weight is 477 g/mol. The van der Waals surface area contributed by atoms with Crippen molar-refractivity contribution in [2.75, 3.05) is 25.0 Å². The first-order valence-electron chi connectivity index (χ1n) is 12.2. The Labute approximate surface area is 204 Å². The number of anilines is 1. The van der Waals surface area contributed by atoms with E-state index in [2.05, 4.69) is 15.6 Å². The molecule has 1 atom stereocenters. The van der Waals surface area contributed by atoms with Crippen LogP contribution < -0.4 is 10.6 Å². The predicted molar refractivity (Wildman–Crippen MR) is 135 cm³/mol. The number of rotatable bonds is 3. The molecule has 9 nitrogen and oxygen atoms in total. The van der Waals surface area contributed by atoms with Gasteiger partial charge in [0.15, 0.2) is 0 Å². The molecule has 2 aliphatic rings. The normalized spacial score (nSPS) is 18.2. The highest BCUT2D eigenvalue weighted by atomic mass is 16.6. The van der Waals surface area contributed by atoms with Crippen LogP contribution in [0.3, 0.4) is 0 Å². The maximum atomic E-state index is 12.6. The molecule has 3 aromatic rings. The van der Waals surface area contributed by atoms with E-state index in [1.165, 1.54) is 0 Å². The van der Waals surface area contributed by atoms with E-state index in [0.717, 1.165) is 52.9 Å². The third kappa shape index (κ3) is 4.80. The molecule has 2 aromatic heterocycles. The molecule has 0 unspecified atom stereocenters. The lowest BCUT2D eigenvalue weighted by Gasteiger charge is -2.34. The summed E-state index contributed by atoms with van der Waals surface area (Å²) in [6.07, 6.45) is 2.31. The molecule has 0 saturated carbocycles. The number of benzene rings is 1. The molecule has 4 heterocycles. The van der Waals surface area contributed by atoms with Crippen LogP contribution in [0.1, 0.15) is 55.4 Å². The Morgan fingerprint density at radius 3 is 2.83 bits per heavy atom. The van der Waals surface area contributed by atoms with E-state index < -0.39 is 5.60 Å². The number of H-pyrrole nitrogens is 1. The van der Waals surface area contributed by atoms with Gasteiger partial charge < -0.3 is 25.3 Å². The summed E-state index contributed by atoms with van der Waals surface area (Å²) in [6.45, 7) is 9.44. The van der Waals surface area contributed by atoms with Gasteiger partial charge in [-0.25, -0.2) is 14.8 Å². The molecule has 3 N–H and O–H groups in total. The number of ether oxygens (including phenoxy) is 1. The van der Waals surface area contributed by atoms with Crippen molar-refractivity contribution in [2.24, 2.45) is 0 Å². The van der Waals surface area contributed by atoms with Crippen molar-refractivity contribution in [2.45, 2.75) is 58.6 Å². The van der Waals surface area contributed by atoms with E-state index in [0.29, 0.717) is 31.0 Å². The van der Waals surface area contributed by atoms with Crippen molar-refractivity contribution < 1.29 is 14.3 Å². The second-order valence-electron chi connectivity index (χ2n) is 10.3. The number of hydrogen-bond acceptors (Lipinski definition) is 6. The highest BCUT2D eigenvalue weighted by Crippen LogP contribution is 2.30. The molecule has 2 aliphatic heterocycles. The lowest BCUT2D eigenvalue weighted by Crippen LogP contribution is -2.47. The number of carbonyl (C=O) groups is 2. The van der Waals surface area contributed by atoms with Crippen LogP contribution in [0.25, 0.3) is 22.3 Å². The van der Waals surface area contributed by atoms with Crippen molar-refractivity contribution in [1.82, 2.24) is 25.2 Å². The summed E-state index contributed by atoms with van der Waals surface area (Å²) in [4.78, 5) is 39.8. The number of aryl methyl sites for hydroxylation is 1. The van der Waals surface area contributed by atoms with E-state index in [1.807, 2.05) is 52.0 Å². The molecule has 0 bridgehead atoms. The third-order valence-corrected chi connectivity index (χ3v) is 6.38. The van der Waals surface area contributed by atoms with Gasteiger partial charge in [0, 0.05) is 49.0 Å². The first-order valence-corrected chi connectivity index (χ1v) is 12.2. The standard InChI is InChI=1S/C26H32N6O3/c1-15-23(29-16-7-6-12-32(14-16)25(34)35-26(2,3)4)31-22-17(8-5-9-20(22)28-15)21-13-18-19(30-21)10-11-27-24(18)33/h5,8-9,13,16,30H,6-7,10-12,14H2,1-4H3,(H,27,33)(H,29,31)/t16-/m0/s1. The van der Waals surface area contributed by atoms with Gasteiger partial charge >= 0.3 is 6.09 Å². The van der Waals surface area contributed by atoms with Crippen molar-refractivity contribution in [3.63, 3.8) is 0 Å². The fraction of sp³-hybridized carbons (Fsp3) is 0.462. The van der Waals surface area contributed by atoms with Gasteiger partial charge in [0.25, 0.3) is 5.91 Å². The lowest BCUT2D eigenvalue weighted by atomic mass is 10.1. The number of hydrogen-bond donors (Lipinski definition) is 3. The summed E-state index contributed by atoms with van der Waals surface area (Å²) in [7, 11) is 0. The number of aromatic nitrogens is 3. The molecule has 1 aromatic carbocycles. The van der Waals surface area contributed by atoms with Crippen LogP contribution in [0.2, 0.25) is 0 Å². The quantitative estimate of drug-likeness (QED) is 0.526. The minimum absolute atomic E-state index is 0.0508. The van der Waals surface area contributed by atoms with Gasteiger partial charge in [-0.3, -0.25) is 4.79 Å². The van der Waals surface area contributed by atoms with E-state index in [-0.39, 0.29) is 18.0 Å². The minimum atomic E-state index is -0.522. The van der Waals surface area contributed by atoms with Crippen molar-refractivity contribution in [3.8, 4) is 11.3 Å². The highest BCUT2D eigenvalue weighted by Gasteiger charge is 2.28. The topological polar surface area (TPSA) is 112 Å². The molecule has 184 valence electrons. The van der Waals surface area contributed by atoms with Gasteiger partial charge in [-0.05, 0) is 52.7 Å². The maximum absolute atomic E-state index is 12.6. The zero-order valence-electron chi connectivity index (χ0n) is 20.7. The number of nitrogens with zero attached hydrogens (tertiary/aromatic N) is 3. The van der Waals surface area contributed by atoms with Gasteiger partial charge in [0.05, 0.1) is 16.8 Å². The number of piperidine rings is 1. The Bertz CT molecular complexity index is 1290. The molecule has 9 heteroatoms. The lowest BCUT2D eigenvalue weighted by molar-refractivity contribution is 0.0206. The highest BCUT2D eigenvalue weighted by molar-refractivity contribution is 5.99. The van der Waals surface area contributed by atoms with Crippen molar-refractivity contribution in [3.05, 3.63) is 41.2 Å². The number of nitrogens with one attached hydrogen (secondary N) is 3. The summed E-state index contributed by atoms with van der Waals surface area (Å²) in [6, 6.07) is 7.85. The van der Waals surface area contributed by atoms with Crippen LogP contribution in [0.15, 0.2) is 24.3 Å². The molecular weight excluding hydrogens is 444 g/mol. The van der Waals surface area contributed by atoms with E-state index >= 15 is 0 Å². The number of para-hydroxylation sites is 1. The zero-order chi connectivity index (χ0) is 24.7. The average Bonchev–Trinajstić information content (AvgIpc) is 3.24. The summed E-state index contributed by atoms with van der Waals surface area (Å²) >= 11 is 0. The van der Waals surface area contributed by atoms with Crippen molar-refractivity contribution >= 4 is 28.9 Å². The first-order chi connectivity index (χ1) is 16.7. The molecule has 35 heavy (non-hydrogen) atoms. The Hall–Kier alpha value is -3.62. The maximum Gasteiger partial charge on any atom is 0.410 e. The number of aromatic amines is 1. The summed E-state index contributed by atoms with van der Waals surface area (Å²) in [5.41, 5.74) is 5.23. The predicted octanol–water partition coefficient (Wildman–Crippen LogP) is 4.03. The number of likely N-dealkylation sites (tertiary alicyclic amines) is 1. The SMILES string of the molecule is Cc1nc2cccc(-c3cc4c([nH]3)CCNC4=O)c2nc1N[C@H]1CCCN(C(=O)OC(C)(C)C)C1. The van der Waals surface area contributed by atoms with Crippen LogP contribution in [-0.2, 0) is 11.2 Å². The summed E-state index contributed by atoms with van der Waals surface area (Å²) in [5.74, 6) is 0.653. The summed E-state index contributed by atoms with van der Waals surface area (Å²) < 4.78 is 5.56. The van der Waals surface area contributed by atoms with E-state index in [1.54, 1.807) is 4.90 Å². The molecule has 2 amide bonds. The smallest absolute Gasteiger partial charge is 0.410 e. The fourth-order valence-electron chi connectivity index (χ4n) is 4.74. The summed E-state index contributed by atoms with van der Waals surface area (Å²) in [5, 5.41) is 6.42. The van der Waals surface area contributed by atoms with Crippen LogP contribution in [0, 0.1) is 6.92 Å². The van der Waals surface area contributed by atoms with Gasteiger partial charge in [-0.2, -0.15) is 0 Å². The molecule has 5 rings (SSSR count). The van der Waals surface area contributed by atoms with Crippen LogP contribution in [0.5, 0.6) is 0 Å². The van der Waals surface area contributed by atoms with Gasteiger partial charge in [0.1, 0.15) is 16.9 Å². The van der Waals surface area contributed by atoms with Gasteiger partial charge in [-0.1, -0.05) is 12.1 Å². The Balaban J connectivity index is 1.42. The molecule has 1 saturated heterocycles. The minimum Gasteiger partial charge on any atom is -0.444 e. The monoisotopic (exact) mass is 476 g/mol. The first kappa shape index (κ1) is 23.1. The van der Waals surface area contributed by atoms with Crippen LogP contribution in [-0.4, -0.2) is 63.1 Å². The second-order valence-corrected chi connectivity index (χ2v) is 10.3. The molecule has 1 fully saturated rings. The molecule has 0 radical (unpaired) electrons. The molecule has 0 aliphatic carbocycles. The number of amides is 2. The molecular formula is C26H32N6O3. The Kier molecular flexibility index (Phi) is 5.86. The number of carbonyl (C=O) groups excluding carboxylic acids is 2. The van der Waals surface area contributed by atoms with Crippen molar-refractivity contribution in [1.29, 1.82) is 0 Å². The fourth-order valence-corrected chi connectivity index (χ4v) is 4.74.